The Balaban J connectivity index is 2.26. The number of benzene rings is 1. The molecule has 0 spiro atoms. The number of aliphatic carboxylic acids is 2. The first-order valence-corrected chi connectivity index (χ1v) is 6.67. The van der Waals surface area contributed by atoms with Gasteiger partial charge in [0.05, 0.1) is 6.10 Å². The average molecular weight is 278 g/mol. The van der Waals surface area contributed by atoms with Gasteiger partial charge in [-0.25, -0.2) is 0 Å². The summed E-state index contributed by atoms with van der Waals surface area (Å²) in [5.74, 6) is -2.60. The van der Waals surface area contributed by atoms with Crippen molar-refractivity contribution in [2.24, 2.45) is 5.41 Å². The molecule has 1 aromatic carbocycles. The van der Waals surface area contributed by atoms with Crippen molar-refractivity contribution in [1.29, 1.82) is 0 Å². The van der Waals surface area contributed by atoms with Crippen molar-refractivity contribution in [2.45, 2.75) is 31.8 Å². The molecule has 1 aromatic rings. The molecule has 108 valence electrons. The zero-order valence-electron chi connectivity index (χ0n) is 11.1. The second kappa shape index (κ2) is 6.05. The van der Waals surface area contributed by atoms with Crippen molar-refractivity contribution in [1.82, 2.24) is 0 Å². The molecule has 1 fully saturated rings. The van der Waals surface area contributed by atoms with Crippen molar-refractivity contribution in [2.75, 3.05) is 6.61 Å². The lowest BCUT2D eigenvalue weighted by Gasteiger charge is -2.27. The second-order valence-electron chi connectivity index (χ2n) is 5.19. The molecule has 1 unspecified atom stereocenters. The first-order valence-electron chi connectivity index (χ1n) is 6.67. The van der Waals surface area contributed by atoms with Gasteiger partial charge in [-0.15, -0.1) is 0 Å². The lowest BCUT2D eigenvalue weighted by atomic mass is 9.76. The fourth-order valence-corrected chi connectivity index (χ4v) is 2.63. The summed E-state index contributed by atoms with van der Waals surface area (Å²) in [6.45, 7) is 0.575. The third-order valence-corrected chi connectivity index (χ3v) is 3.77. The van der Waals surface area contributed by atoms with Crippen LogP contribution in [0.2, 0.25) is 0 Å². The number of carbonyl (C=O) groups is 2. The SMILES string of the molecule is O=C(O)C(Cc1ccccc1)(CC1CCCO1)C(=O)O. The summed E-state index contributed by atoms with van der Waals surface area (Å²) >= 11 is 0. The third-order valence-electron chi connectivity index (χ3n) is 3.77. The Bertz CT molecular complexity index is 462. The van der Waals surface area contributed by atoms with E-state index in [-0.39, 0.29) is 18.9 Å². The summed E-state index contributed by atoms with van der Waals surface area (Å²) < 4.78 is 5.42. The van der Waals surface area contributed by atoms with Gasteiger partial charge < -0.3 is 14.9 Å². The molecule has 5 nitrogen and oxygen atoms in total. The number of ether oxygens (including phenoxy) is 1. The van der Waals surface area contributed by atoms with Crippen LogP contribution in [-0.2, 0) is 20.7 Å². The monoisotopic (exact) mass is 278 g/mol. The van der Waals surface area contributed by atoms with Gasteiger partial charge in [-0.1, -0.05) is 30.3 Å². The Labute approximate surface area is 117 Å². The molecule has 20 heavy (non-hydrogen) atoms. The number of hydrogen-bond acceptors (Lipinski definition) is 3. The summed E-state index contributed by atoms with van der Waals surface area (Å²) in [6.07, 6.45) is 1.26. The van der Waals surface area contributed by atoms with E-state index < -0.39 is 17.4 Å². The minimum absolute atomic E-state index is 0.00651. The molecule has 0 bridgehead atoms. The molecule has 1 aliphatic heterocycles. The van der Waals surface area contributed by atoms with E-state index in [9.17, 15) is 19.8 Å². The van der Waals surface area contributed by atoms with Gasteiger partial charge in [-0.2, -0.15) is 0 Å². The zero-order chi connectivity index (χ0) is 14.6. The molecule has 1 saturated heterocycles. The molecule has 1 heterocycles. The van der Waals surface area contributed by atoms with Gasteiger partial charge in [0, 0.05) is 13.0 Å². The van der Waals surface area contributed by atoms with E-state index in [4.69, 9.17) is 4.74 Å². The molecule has 1 atom stereocenters. The lowest BCUT2D eigenvalue weighted by Crippen LogP contribution is -2.44. The fourth-order valence-electron chi connectivity index (χ4n) is 2.63. The van der Waals surface area contributed by atoms with E-state index in [1.165, 1.54) is 0 Å². The van der Waals surface area contributed by atoms with Crippen LogP contribution in [0, 0.1) is 5.41 Å². The summed E-state index contributed by atoms with van der Waals surface area (Å²) in [6, 6.07) is 8.85. The number of carboxylic acid groups (broad SMARTS) is 2. The van der Waals surface area contributed by atoms with E-state index in [1.807, 2.05) is 6.07 Å². The van der Waals surface area contributed by atoms with Crippen LogP contribution in [-0.4, -0.2) is 34.9 Å². The Kier molecular flexibility index (Phi) is 4.39. The molecule has 0 aromatic heterocycles. The van der Waals surface area contributed by atoms with Crippen molar-refractivity contribution in [3.05, 3.63) is 35.9 Å². The van der Waals surface area contributed by atoms with Crippen LogP contribution in [0.1, 0.15) is 24.8 Å². The summed E-state index contributed by atoms with van der Waals surface area (Å²) in [5, 5.41) is 19.0. The normalized spacial score (nSPS) is 18.9. The Morgan fingerprint density at radius 2 is 1.85 bits per heavy atom. The Hall–Kier alpha value is -1.88. The highest BCUT2D eigenvalue weighted by molar-refractivity contribution is 5.98. The molecule has 1 aliphatic rings. The maximum Gasteiger partial charge on any atom is 0.321 e. The van der Waals surface area contributed by atoms with Gasteiger partial charge >= 0.3 is 11.9 Å². The molecule has 0 radical (unpaired) electrons. The Morgan fingerprint density at radius 3 is 2.35 bits per heavy atom. The molecular formula is C15H18O5. The summed E-state index contributed by atoms with van der Waals surface area (Å²) in [4.78, 5) is 23.2. The number of carboxylic acids is 2. The van der Waals surface area contributed by atoms with Gasteiger partial charge in [0.1, 0.15) is 0 Å². The first kappa shape index (κ1) is 14.5. The molecule has 0 saturated carbocycles. The standard InChI is InChI=1S/C15H18O5/c16-13(17)15(14(18)19,10-12-7-4-8-20-12)9-11-5-2-1-3-6-11/h1-3,5-6,12H,4,7-10H2,(H,16,17)(H,18,19). The van der Waals surface area contributed by atoms with Crippen molar-refractivity contribution in [3.8, 4) is 0 Å². The van der Waals surface area contributed by atoms with E-state index in [0.29, 0.717) is 12.2 Å². The smallest absolute Gasteiger partial charge is 0.321 e. The summed E-state index contributed by atoms with van der Waals surface area (Å²) in [5.41, 5.74) is -1.12. The average Bonchev–Trinajstić information content (AvgIpc) is 2.91. The largest absolute Gasteiger partial charge is 0.480 e. The zero-order valence-corrected chi connectivity index (χ0v) is 11.1. The number of rotatable bonds is 6. The van der Waals surface area contributed by atoms with E-state index in [1.54, 1.807) is 24.3 Å². The van der Waals surface area contributed by atoms with Gasteiger partial charge in [0.25, 0.3) is 0 Å². The second-order valence-corrected chi connectivity index (χ2v) is 5.19. The van der Waals surface area contributed by atoms with E-state index in [2.05, 4.69) is 0 Å². The van der Waals surface area contributed by atoms with Crippen LogP contribution in [0.5, 0.6) is 0 Å². The predicted octanol–water partition coefficient (Wildman–Crippen LogP) is 1.95. The molecule has 0 amide bonds. The van der Waals surface area contributed by atoms with Gasteiger partial charge in [0.15, 0.2) is 5.41 Å². The van der Waals surface area contributed by atoms with E-state index >= 15 is 0 Å². The molecule has 2 N–H and O–H groups in total. The minimum Gasteiger partial charge on any atom is -0.480 e. The van der Waals surface area contributed by atoms with Crippen molar-refractivity contribution >= 4 is 11.9 Å². The highest BCUT2D eigenvalue weighted by Crippen LogP contribution is 2.33. The Morgan fingerprint density at radius 1 is 1.20 bits per heavy atom. The van der Waals surface area contributed by atoms with E-state index in [0.717, 1.165) is 12.8 Å². The van der Waals surface area contributed by atoms with Crippen LogP contribution >= 0.6 is 0 Å². The molecule has 5 heteroatoms. The highest BCUT2D eigenvalue weighted by Gasteiger charge is 2.48. The van der Waals surface area contributed by atoms with Crippen LogP contribution in [0.3, 0.4) is 0 Å². The van der Waals surface area contributed by atoms with Gasteiger partial charge in [-0.3, -0.25) is 9.59 Å². The predicted molar refractivity (Wildman–Crippen MR) is 71.4 cm³/mol. The third kappa shape index (κ3) is 2.99. The van der Waals surface area contributed by atoms with Crippen LogP contribution in [0.25, 0.3) is 0 Å². The maximum atomic E-state index is 11.6. The summed E-state index contributed by atoms with van der Waals surface area (Å²) in [7, 11) is 0. The van der Waals surface area contributed by atoms with Crippen LogP contribution in [0.4, 0.5) is 0 Å². The fraction of sp³-hybridized carbons (Fsp3) is 0.467. The van der Waals surface area contributed by atoms with Crippen LogP contribution < -0.4 is 0 Å². The first-order chi connectivity index (χ1) is 9.54. The van der Waals surface area contributed by atoms with Crippen molar-refractivity contribution in [3.63, 3.8) is 0 Å². The minimum atomic E-state index is -1.82. The van der Waals surface area contributed by atoms with Gasteiger partial charge in [-0.05, 0) is 24.8 Å². The lowest BCUT2D eigenvalue weighted by molar-refractivity contribution is -0.167. The van der Waals surface area contributed by atoms with Crippen molar-refractivity contribution < 1.29 is 24.5 Å². The van der Waals surface area contributed by atoms with Crippen LogP contribution in [0.15, 0.2) is 30.3 Å². The molecule has 0 aliphatic carbocycles. The quantitative estimate of drug-likeness (QED) is 0.777. The topological polar surface area (TPSA) is 83.8 Å². The highest BCUT2D eigenvalue weighted by atomic mass is 16.5. The van der Waals surface area contributed by atoms with Gasteiger partial charge in [0.2, 0.25) is 0 Å². The molecule has 2 rings (SSSR count). The number of hydrogen-bond donors (Lipinski definition) is 2. The maximum absolute atomic E-state index is 11.6. The molecular weight excluding hydrogens is 260 g/mol.